The maximum absolute atomic E-state index is 12.9. The first-order chi connectivity index (χ1) is 9.63. The highest BCUT2D eigenvalue weighted by Gasteiger charge is 2.39. The zero-order chi connectivity index (χ0) is 15.0. The highest BCUT2D eigenvalue weighted by molar-refractivity contribution is 5.83. The second kappa shape index (κ2) is 8.63. The highest BCUT2D eigenvalue weighted by atomic mass is 16.2. The molecule has 1 aliphatic rings. The topological polar surface area (TPSA) is 49.6 Å². The number of hydrogen-bond donors (Lipinski definition) is 1. The van der Waals surface area contributed by atoms with Crippen LogP contribution in [0.3, 0.4) is 0 Å². The van der Waals surface area contributed by atoms with Gasteiger partial charge in [0.2, 0.25) is 5.91 Å². The lowest BCUT2D eigenvalue weighted by molar-refractivity contribution is -0.144. The van der Waals surface area contributed by atoms with Crippen molar-refractivity contribution >= 4 is 5.91 Å². The summed E-state index contributed by atoms with van der Waals surface area (Å²) in [7, 11) is 0. The predicted octanol–water partition coefficient (Wildman–Crippen LogP) is 2.09. The van der Waals surface area contributed by atoms with Crippen LogP contribution in [0.15, 0.2) is 0 Å². The molecule has 4 nitrogen and oxygen atoms in total. The maximum Gasteiger partial charge on any atom is 0.230 e. The molecular weight excluding hydrogens is 250 g/mol. The third kappa shape index (κ3) is 4.19. The molecule has 1 fully saturated rings. The third-order valence-electron chi connectivity index (χ3n) is 4.50. The van der Waals surface area contributed by atoms with Gasteiger partial charge in [0.1, 0.15) is 0 Å². The van der Waals surface area contributed by atoms with E-state index in [-0.39, 0.29) is 5.41 Å². The Morgan fingerprint density at radius 3 is 1.95 bits per heavy atom. The number of rotatable bonds is 8. The molecule has 1 saturated heterocycles. The summed E-state index contributed by atoms with van der Waals surface area (Å²) in [6, 6.07) is 0. The minimum absolute atomic E-state index is 0.305. The van der Waals surface area contributed by atoms with E-state index in [2.05, 4.69) is 30.6 Å². The number of carbonyl (C=O) groups excluding carboxylic acids is 1. The standard InChI is InChI=1S/C16H33N3O/c1-4-7-16(14-17,8-5-2)15(20)19-12-10-18(9-6-3)11-13-19/h4-14,17H2,1-3H3. The predicted molar refractivity (Wildman–Crippen MR) is 84.6 cm³/mol. The maximum atomic E-state index is 12.9. The molecule has 0 atom stereocenters. The van der Waals surface area contributed by atoms with Crippen molar-refractivity contribution < 1.29 is 4.79 Å². The second-order valence-electron chi connectivity index (χ2n) is 6.12. The monoisotopic (exact) mass is 283 g/mol. The van der Waals surface area contributed by atoms with Crippen LogP contribution in [-0.4, -0.2) is 55.0 Å². The molecule has 4 heteroatoms. The summed E-state index contributed by atoms with van der Waals surface area (Å²) < 4.78 is 0. The molecule has 0 radical (unpaired) electrons. The summed E-state index contributed by atoms with van der Waals surface area (Å²) in [5, 5.41) is 0. The summed E-state index contributed by atoms with van der Waals surface area (Å²) in [6.07, 6.45) is 5.08. The van der Waals surface area contributed by atoms with Crippen molar-refractivity contribution in [1.29, 1.82) is 0 Å². The van der Waals surface area contributed by atoms with Gasteiger partial charge < -0.3 is 10.6 Å². The zero-order valence-electron chi connectivity index (χ0n) is 13.7. The van der Waals surface area contributed by atoms with Crippen LogP contribution in [-0.2, 0) is 4.79 Å². The first kappa shape index (κ1) is 17.4. The third-order valence-corrected chi connectivity index (χ3v) is 4.50. The largest absolute Gasteiger partial charge is 0.340 e. The normalized spacial score (nSPS) is 17.5. The van der Waals surface area contributed by atoms with Crippen LogP contribution in [0.4, 0.5) is 0 Å². The van der Waals surface area contributed by atoms with E-state index in [0.29, 0.717) is 12.5 Å². The molecule has 0 saturated carbocycles. The summed E-state index contributed by atoms with van der Waals surface area (Å²) in [4.78, 5) is 17.4. The van der Waals surface area contributed by atoms with Gasteiger partial charge in [-0.3, -0.25) is 9.69 Å². The zero-order valence-corrected chi connectivity index (χ0v) is 13.7. The molecule has 1 rings (SSSR count). The molecular formula is C16H33N3O. The Labute approximate surface area is 124 Å². The van der Waals surface area contributed by atoms with E-state index in [1.54, 1.807) is 0 Å². The average molecular weight is 283 g/mol. The highest BCUT2D eigenvalue weighted by Crippen LogP contribution is 2.31. The molecule has 2 N–H and O–H groups in total. The van der Waals surface area contributed by atoms with Gasteiger partial charge in [0, 0.05) is 32.7 Å². The number of hydrogen-bond acceptors (Lipinski definition) is 3. The van der Waals surface area contributed by atoms with E-state index in [9.17, 15) is 4.79 Å². The molecule has 1 aliphatic heterocycles. The lowest BCUT2D eigenvalue weighted by Crippen LogP contribution is -2.55. The van der Waals surface area contributed by atoms with Gasteiger partial charge in [-0.2, -0.15) is 0 Å². The number of nitrogens with zero attached hydrogens (tertiary/aromatic N) is 2. The molecule has 1 amide bonds. The first-order valence-corrected chi connectivity index (χ1v) is 8.35. The van der Waals surface area contributed by atoms with Gasteiger partial charge in [-0.15, -0.1) is 0 Å². The quantitative estimate of drug-likeness (QED) is 0.742. The molecule has 0 aromatic carbocycles. The Balaban J connectivity index is 2.66. The first-order valence-electron chi connectivity index (χ1n) is 8.35. The minimum Gasteiger partial charge on any atom is -0.340 e. The number of carbonyl (C=O) groups is 1. The molecule has 0 spiro atoms. The van der Waals surface area contributed by atoms with Crippen molar-refractivity contribution in [2.45, 2.75) is 52.9 Å². The van der Waals surface area contributed by atoms with Crippen molar-refractivity contribution in [2.75, 3.05) is 39.3 Å². The molecule has 118 valence electrons. The van der Waals surface area contributed by atoms with Gasteiger partial charge in [-0.1, -0.05) is 33.6 Å². The summed E-state index contributed by atoms with van der Waals surface area (Å²) >= 11 is 0. The van der Waals surface area contributed by atoms with Crippen molar-refractivity contribution in [1.82, 2.24) is 9.80 Å². The fourth-order valence-electron chi connectivity index (χ4n) is 3.41. The van der Waals surface area contributed by atoms with Crippen LogP contribution in [0.2, 0.25) is 0 Å². The molecule has 0 aromatic rings. The van der Waals surface area contributed by atoms with Crippen molar-refractivity contribution in [3.05, 3.63) is 0 Å². The fraction of sp³-hybridized carbons (Fsp3) is 0.938. The Kier molecular flexibility index (Phi) is 7.52. The summed E-state index contributed by atoms with van der Waals surface area (Å²) in [5.74, 6) is 0.305. The minimum atomic E-state index is -0.309. The van der Waals surface area contributed by atoms with E-state index < -0.39 is 0 Å². The van der Waals surface area contributed by atoms with Crippen LogP contribution >= 0.6 is 0 Å². The van der Waals surface area contributed by atoms with Crippen LogP contribution in [0.25, 0.3) is 0 Å². The van der Waals surface area contributed by atoms with E-state index in [0.717, 1.165) is 58.4 Å². The molecule has 0 unspecified atom stereocenters. The van der Waals surface area contributed by atoms with E-state index >= 15 is 0 Å². The van der Waals surface area contributed by atoms with Crippen molar-refractivity contribution in [3.63, 3.8) is 0 Å². The van der Waals surface area contributed by atoms with Gasteiger partial charge >= 0.3 is 0 Å². The van der Waals surface area contributed by atoms with E-state index in [4.69, 9.17) is 5.73 Å². The van der Waals surface area contributed by atoms with Gasteiger partial charge in [-0.05, 0) is 25.8 Å². The van der Waals surface area contributed by atoms with Gasteiger partial charge in [-0.25, -0.2) is 0 Å². The van der Waals surface area contributed by atoms with Crippen LogP contribution in [0.1, 0.15) is 52.9 Å². The molecule has 0 bridgehead atoms. The average Bonchev–Trinajstić information content (AvgIpc) is 2.47. The van der Waals surface area contributed by atoms with Crippen molar-refractivity contribution in [2.24, 2.45) is 11.1 Å². The number of amides is 1. The van der Waals surface area contributed by atoms with E-state index in [1.807, 2.05) is 0 Å². The molecule has 20 heavy (non-hydrogen) atoms. The fourth-order valence-corrected chi connectivity index (χ4v) is 3.41. The molecule has 0 aromatic heterocycles. The number of piperazine rings is 1. The van der Waals surface area contributed by atoms with Crippen molar-refractivity contribution in [3.8, 4) is 0 Å². The Morgan fingerprint density at radius 1 is 1.00 bits per heavy atom. The second-order valence-corrected chi connectivity index (χ2v) is 6.12. The van der Waals surface area contributed by atoms with Crippen LogP contribution < -0.4 is 5.73 Å². The van der Waals surface area contributed by atoms with E-state index in [1.165, 1.54) is 6.42 Å². The smallest absolute Gasteiger partial charge is 0.230 e. The number of nitrogens with two attached hydrogens (primary N) is 1. The molecule has 0 aliphatic carbocycles. The summed E-state index contributed by atoms with van der Waals surface area (Å²) in [5.41, 5.74) is 5.70. The van der Waals surface area contributed by atoms with Gasteiger partial charge in [0.25, 0.3) is 0 Å². The van der Waals surface area contributed by atoms with Crippen LogP contribution in [0.5, 0.6) is 0 Å². The summed E-state index contributed by atoms with van der Waals surface area (Å²) in [6.45, 7) is 11.9. The SMILES string of the molecule is CCCN1CCN(C(=O)C(CN)(CCC)CCC)CC1. The lowest BCUT2D eigenvalue weighted by atomic mass is 9.77. The van der Waals surface area contributed by atoms with Gasteiger partial charge in [0.05, 0.1) is 5.41 Å². The Morgan fingerprint density at radius 2 is 1.55 bits per heavy atom. The Hall–Kier alpha value is -0.610. The molecule has 1 heterocycles. The lowest BCUT2D eigenvalue weighted by Gasteiger charge is -2.41. The van der Waals surface area contributed by atoms with Crippen LogP contribution in [0, 0.1) is 5.41 Å². The Bertz CT molecular complexity index is 279. The van der Waals surface area contributed by atoms with Gasteiger partial charge in [0.15, 0.2) is 0 Å².